The van der Waals surface area contributed by atoms with Crippen LogP contribution in [0.2, 0.25) is 0 Å². The largest absolute Gasteiger partial charge is 0.479 e. The first-order valence-corrected chi connectivity index (χ1v) is 14.3. The van der Waals surface area contributed by atoms with Gasteiger partial charge in [-0.25, -0.2) is 14.5 Å². The minimum Gasteiger partial charge on any atom is -0.479 e. The van der Waals surface area contributed by atoms with Crippen LogP contribution < -0.4 is 5.73 Å². The molecule has 0 amide bonds. The molecule has 1 aliphatic carbocycles. The van der Waals surface area contributed by atoms with Crippen LogP contribution in [0.1, 0.15) is 37.3 Å². The number of aliphatic carboxylic acids is 1. The van der Waals surface area contributed by atoms with Gasteiger partial charge in [0.1, 0.15) is 5.82 Å². The lowest BCUT2D eigenvalue weighted by Crippen LogP contribution is -2.47. The van der Waals surface area contributed by atoms with Crippen LogP contribution in [0.3, 0.4) is 0 Å². The topological polar surface area (TPSA) is 133 Å². The predicted octanol–water partition coefficient (Wildman–Crippen LogP) is 3.76. The molecule has 0 atom stereocenters. The Balaban J connectivity index is 1.21. The molecule has 12 heteroatoms. The first-order valence-electron chi connectivity index (χ1n) is 13.6. The highest BCUT2D eigenvalue weighted by Gasteiger charge is 2.44. The molecular formula is C28H32BrN7O4. The third kappa shape index (κ3) is 5.12. The lowest BCUT2D eigenvalue weighted by atomic mass is 9.77. The number of morpholine rings is 1. The maximum absolute atomic E-state index is 12.3. The molecular weight excluding hydrogens is 578 g/mol. The number of nitrogen functional groups attached to an aromatic ring is 1. The Morgan fingerprint density at radius 1 is 1.15 bits per heavy atom. The normalized spacial score (nSPS) is 22.1. The van der Waals surface area contributed by atoms with Gasteiger partial charge in [-0.1, -0.05) is 18.2 Å². The summed E-state index contributed by atoms with van der Waals surface area (Å²) in [4.78, 5) is 19.6. The van der Waals surface area contributed by atoms with Crippen molar-refractivity contribution in [2.75, 3.05) is 45.2 Å². The van der Waals surface area contributed by atoms with Crippen LogP contribution in [-0.2, 0) is 14.3 Å². The molecule has 210 valence electrons. The van der Waals surface area contributed by atoms with Gasteiger partial charge in [-0.3, -0.25) is 4.90 Å². The third-order valence-corrected chi connectivity index (χ3v) is 8.83. The minimum atomic E-state index is -1.18. The van der Waals surface area contributed by atoms with Crippen molar-refractivity contribution in [3.8, 4) is 16.8 Å². The van der Waals surface area contributed by atoms with Gasteiger partial charge in [0, 0.05) is 42.9 Å². The molecule has 0 spiro atoms. The van der Waals surface area contributed by atoms with Gasteiger partial charge in [-0.05, 0) is 53.7 Å². The summed E-state index contributed by atoms with van der Waals surface area (Å²) < 4.78 is 15.6. The van der Waals surface area contributed by atoms with Gasteiger partial charge >= 0.3 is 5.97 Å². The third-order valence-electron chi connectivity index (χ3n) is 8.02. The second kappa shape index (κ2) is 11.3. The van der Waals surface area contributed by atoms with Crippen LogP contribution >= 0.6 is 15.9 Å². The average molecular weight is 611 g/mol. The smallest absolute Gasteiger partial charge is 0.335 e. The number of anilines is 1. The Morgan fingerprint density at radius 2 is 1.90 bits per heavy atom. The summed E-state index contributed by atoms with van der Waals surface area (Å²) in [5, 5.41) is 19.1. The summed E-state index contributed by atoms with van der Waals surface area (Å²) in [5.74, 6) is -0.409. The number of aromatic nitrogens is 5. The zero-order valence-electron chi connectivity index (χ0n) is 22.1. The number of halogens is 1. The number of nitrogens with two attached hydrogens (primary N) is 1. The van der Waals surface area contributed by atoms with E-state index in [1.165, 1.54) is 0 Å². The Bertz CT molecular complexity index is 1490. The van der Waals surface area contributed by atoms with Crippen LogP contribution in [-0.4, -0.2) is 85.4 Å². The number of ether oxygens (including phenoxy) is 2. The molecule has 11 nitrogen and oxygen atoms in total. The van der Waals surface area contributed by atoms with E-state index in [4.69, 9.17) is 20.2 Å². The molecule has 3 aromatic heterocycles. The average Bonchev–Trinajstić information content (AvgIpc) is 3.64. The molecule has 0 radical (unpaired) electrons. The highest BCUT2D eigenvalue weighted by molar-refractivity contribution is 9.10. The molecule has 1 saturated carbocycles. The first-order chi connectivity index (χ1) is 19.4. The van der Waals surface area contributed by atoms with E-state index in [1.807, 2.05) is 41.2 Å². The molecule has 2 aliphatic rings. The van der Waals surface area contributed by atoms with Crippen LogP contribution in [0, 0.1) is 0 Å². The van der Waals surface area contributed by atoms with Gasteiger partial charge in [-0.15, -0.1) is 0 Å². The number of fused-ring (bicyclic) bond motifs is 1. The summed E-state index contributed by atoms with van der Waals surface area (Å²) in [6, 6.07) is 9.89. The highest BCUT2D eigenvalue weighted by atomic mass is 79.9. The fourth-order valence-electron chi connectivity index (χ4n) is 5.64. The van der Waals surface area contributed by atoms with Crippen LogP contribution in [0.25, 0.3) is 22.5 Å². The Hall–Kier alpha value is -3.32. The highest BCUT2D eigenvalue weighted by Crippen LogP contribution is 2.43. The molecule has 0 unspecified atom stereocenters. The lowest BCUT2D eigenvalue weighted by molar-refractivity contribution is -0.172. The zero-order valence-corrected chi connectivity index (χ0v) is 23.7. The van der Waals surface area contributed by atoms with E-state index in [2.05, 4.69) is 31.0 Å². The lowest BCUT2D eigenvalue weighted by Gasteiger charge is -2.37. The fraction of sp³-hybridized carbons (Fsp3) is 0.429. The number of nitrogens with zero attached hydrogens (tertiary/aromatic N) is 6. The van der Waals surface area contributed by atoms with Gasteiger partial charge in [0.25, 0.3) is 0 Å². The zero-order chi connectivity index (χ0) is 27.7. The Labute approximate surface area is 240 Å². The molecule has 0 bridgehead atoms. The van der Waals surface area contributed by atoms with E-state index in [0.29, 0.717) is 68.0 Å². The second-order valence-corrected chi connectivity index (χ2v) is 11.2. The van der Waals surface area contributed by atoms with E-state index in [1.54, 1.807) is 16.9 Å². The fourth-order valence-corrected chi connectivity index (χ4v) is 6.22. The van der Waals surface area contributed by atoms with Gasteiger partial charge < -0.3 is 20.3 Å². The van der Waals surface area contributed by atoms with Gasteiger partial charge in [-0.2, -0.15) is 14.7 Å². The monoisotopic (exact) mass is 609 g/mol. The standard InChI is InChI=1S/C28H32BrN7O4/c29-23-24(19-6-8-28(9-7-19,27(37)38)40-15-12-34-10-13-39-14-11-34)33-26-22(17-32-36(26)25(23)30)20-16-31-35(18-20)21-4-2-1-3-5-21/h1-5,16-19H,6-15,30H2,(H,37,38)/t19-,28-. The Kier molecular flexibility index (Phi) is 7.58. The number of benzene rings is 1. The van der Waals surface area contributed by atoms with E-state index in [0.717, 1.165) is 35.6 Å². The van der Waals surface area contributed by atoms with Crippen molar-refractivity contribution < 1.29 is 19.4 Å². The Morgan fingerprint density at radius 3 is 2.62 bits per heavy atom. The molecule has 4 aromatic rings. The number of carboxylic acid groups (broad SMARTS) is 1. The number of carbonyl (C=O) groups is 1. The number of hydrogen-bond acceptors (Lipinski definition) is 8. The molecule has 4 heterocycles. The summed E-state index contributed by atoms with van der Waals surface area (Å²) in [6.07, 6.45) is 7.55. The number of para-hydroxylation sites is 1. The molecule has 2 fully saturated rings. The molecule has 1 saturated heterocycles. The summed E-state index contributed by atoms with van der Waals surface area (Å²) in [7, 11) is 0. The number of carboxylic acids is 1. The van der Waals surface area contributed by atoms with Crippen molar-refractivity contribution in [2.24, 2.45) is 0 Å². The summed E-state index contributed by atoms with van der Waals surface area (Å²) in [6.45, 7) is 4.18. The van der Waals surface area contributed by atoms with E-state index in [9.17, 15) is 9.90 Å². The van der Waals surface area contributed by atoms with Gasteiger partial charge in [0.15, 0.2) is 11.2 Å². The van der Waals surface area contributed by atoms with Crippen molar-refractivity contribution in [3.63, 3.8) is 0 Å². The molecule has 40 heavy (non-hydrogen) atoms. The maximum Gasteiger partial charge on any atom is 0.335 e. The first kappa shape index (κ1) is 26.9. The van der Waals surface area contributed by atoms with E-state index < -0.39 is 11.6 Å². The van der Waals surface area contributed by atoms with E-state index >= 15 is 0 Å². The molecule has 1 aliphatic heterocycles. The maximum atomic E-state index is 12.3. The van der Waals surface area contributed by atoms with Crippen LogP contribution in [0.5, 0.6) is 0 Å². The number of hydrogen-bond donors (Lipinski definition) is 2. The van der Waals surface area contributed by atoms with Crippen molar-refractivity contribution >= 4 is 33.4 Å². The SMILES string of the molecule is Nc1c(Br)c([C@H]2CC[C@@](OCCN3CCOCC3)(C(=O)O)CC2)nc2c(-c3cnn(-c4ccccc4)c3)cnn12. The van der Waals surface area contributed by atoms with Crippen molar-refractivity contribution in [1.82, 2.24) is 29.3 Å². The van der Waals surface area contributed by atoms with Crippen LogP contribution in [0.4, 0.5) is 5.82 Å². The summed E-state index contributed by atoms with van der Waals surface area (Å²) in [5.41, 5.74) is 9.44. The molecule has 6 rings (SSSR count). The minimum absolute atomic E-state index is 0.0341. The van der Waals surface area contributed by atoms with Crippen LogP contribution in [0.15, 0.2) is 53.4 Å². The van der Waals surface area contributed by atoms with Gasteiger partial charge in [0.2, 0.25) is 0 Å². The number of rotatable bonds is 8. The molecule has 3 N–H and O–H groups in total. The van der Waals surface area contributed by atoms with Crippen molar-refractivity contribution in [1.29, 1.82) is 0 Å². The van der Waals surface area contributed by atoms with Crippen molar-refractivity contribution in [3.05, 3.63) is 59.1 Å². The van der Waals surface area contributed by atoms with E-state index in [-0.39, 0.29) is 5.92 Å². The predicted molar refractivity (Wildman–Crippen MR) is 152 cm³/mol. The van der Waals surface area contributed by atoms with Crippen molar-refractivity contribution in [2.45, 2.75) is 37.2 Å². The quantitative estimate of drug-likeness (QED) is 0.306. The second-order valence-electron chi connectivity index (χ2n) is 10.4. The summed E-state index contributed by atoms with van der Waals surface area (Å²) >= 11 is 3.65. The van der Waals surface area contributed by atoms with Gasteiger partial charge in [0.05, 0.1) is 48.1 Å². The molecule has 1 aromatic carbocycles.